The van der Waals surface area contributed by atoms with E-state index in [4.69, 9.17) is 11.6 Å². The van der Waals surface area contributed by atoms with E-state index in [1.807, 2.05) is 0 Å². The van der Waals surface area contributed by atoms with E-state index in [0.717, 1.165) is 16.8 Å². The van der Waals surface area contributed by atoms with E-state index in [1.54, 1.807) is 0 Å². The van der Waals surface area contributed by atoms with Gasteiger partial charge in [-0.3, -0.25) is 0 Å². The maximum absolute atomic E-state index is 6.22. The molecule has 0 bridgehead atoms. The van der Waals surface area contributed by atoms with Crippen LogP contribution in [0.2, 0.25) is 5.02 Å². The molecule has 0 fully saturated rings. The lowest BCUT2D eigenvalue weighted by atomic mass is 9.95. The van der Waals surface area contributed by atoms with Gasteiger partial charge in [-0.05, 0) is 48.9 Å². The van der Waals surface area contributed by atoms with Crippen molar-refractivity contribution in [3.8, 4) is 0 Å². The molecule has 0 N–H and O–H groups in total. The van der Waals surface area contributed by atoms with Gasteiger partial charge in [-0.2, -0.15) is 0 Å². The van der Waals surface area contributed by atoms with Crippen LogP contribution in [0.25, 0.3) is 0 Å². The average molecular weight is 276 g/mol. The van der Waals surface area contributed by atoms with Gasteiger partial charge in [0.15, 0.2) is 0 Å². The first-order valence-electron chi connectivity index (χ1n) is 4.89. The van der Waals surface area contributed by atoms with Gasteiger partial charge >= 0.3 is 0 Å². The Bertz CT molecular complexity index is 320. The molecule has 0 amide bonds. The molecule has 0 nitrogen and oxygen atoms in total. The van der Waals surface area contributed by atoms with Crippen LogP contribution in [0, 0.1) is 13.8 Å². The topological polar surface area (TPSA) is 0 Å². The van der Waals surface area contributed by atoms with E-state index in [2.05, 4.69) is 48.8 Å². The third kappa shape index (κ3) is 2.74. The lowest BCUT2D eigenvalue weighted by molar-refractivity contribution is 0.743. The fourth-order valence-corrected chi connectivity index (χ4v) is 2.59. The van der Waals surface area contributed by atoms with Crippen LogP contribution < -0.4 is 0 Å². The Hall–Kier alpha value is -0.0100. The second-order valence-corrected chi connectivity index (χ2v) is 5.04. The molecule has 0 saturated carbocycles. The number of benzene rings is 1. The summed E-state index contributed by atoms with van der Waals surface area (Å²) >= 11 is 9.68. The molecule has 1 rings (SSSR count). The zero-order chi connectivity index (χ0) is 10.7. The standard InChI is InChI=1S/C12H16BrCl/c1-8(4-5-13)11-6-9(2)10(3)7-12(11)14/h6-8H,4-5H2,1-3H3. The Kier molecular flexibility index (Phi) is 4.46. The van der Waals surface area contributed by atoms with Crippen molar-refractivity contribution in [2.24, 2.45) is 0 Å². The molecular weight excluding hydrogens is 259 g/mol. The van der Waals surface area contributed by atoms with Crippen LogP contribution >= 0.6 is 27.5 Å². The van der Waals surface area contributed by atoms with Crippen molar-refractivity contribution in [2.45, 2.75) is 33.1 Å². The summed E-state index contributed by atoms with van der Waals surface area (Å²) in [5, 5.41) is 1.93. The predicted molar refractivity (Wildman–Crippen MR) is 67.8 cm³/mol. The van der Waals surface area contributed by atoms with Crippen molar-refractivity contribution in [3.05, 3.63) is 33.8 Å². The lowest BCUT2D eigenvalue weighted by Crippen LogP contribution is -1.97. The molecular formula is C12H16BrCl. The van der Waals surface area contributed by atoms with E-state index in [9.17, 15) is 0 Å². The van der Waals surface area contributed by atoms with Crippen molar-refractivity contribution >= 4 is 27.5 Å². The smallest absolute Gasteiger partial charge is 0.0443 e. The molecule has 1 unspecified atom stereocenters. The van der Waals surface area contributed by atoms with Crippen LogP contribution in [0.3, 0.4) is 0 Å². The summed E-state index contributed by atoms with van der Waals surface area (Å²) in [6.07, 6.45) is 1.13. The van der Waals surface area contributed by atoms with Crippen molar-refractivity contribution in [1.82, 2.24) is 0 Å². The Morgan fingerprint density at radius 3 is 2.43 bits per heavy atom. The Morgan fingerprint density at radius 2 is 1.86 bits per heavy atom. The number of rotatable bonds is 3. The summed E-state index contributed by atoms with van der Waals surface area (Å²) in [4.78, 5) is 0. The zero-order valence-corrected chi connectivity index (χ0v) is 11.2. The fraction of sp³-hybridized carbons (Fsp3) is 0.500. The van der Waals surface area contributed by atoms with Crippen LogP contribution in [0.5, 0.6) is 0 Å². The molecule has 0 radical (unpaired) electrons. The van der Waals surface area contributed by atoms with Crippen molar-refractivity contribution in [2.75, 3.05) is 5.33 Å². The average Bonchev–Trinajstić information content (AvgIpc) is 2.11. The highest BCUT2D eigenvalue weighted by Gasteiger charge is 2.10. The Morgan fingerprint density at radius 1 is 1.29 bits per heavy atom. The van der Waals surface area contributed by atoms with Gasteiger partial charge in [-0.15, -0.1) is 0 Å². The second kappa shape index (κ2) is 5.18. The molecule has 2 heteroatoms. The highest BCUT2D eigenvalue weighted by Crippen LogP contribution is 2.29. The molecule has 1 aromatic carbocycles. The number of halogens is 2. The van der Waals surface area contributed by atoms with Crippen LogP contribution in [0.15, 0.2) is 12.1 Å². The van der Waals surface area contributed by atoms with Crippen molar-refractivity contribution < 1.29 is 0 Å². The minimum absolute atomic E-state index is 0.529. The number of aryl methyl sites for hydroxylation is 2. The van der Waals surface area contributed by atoms with Gasteiger partial charge in [-0.1, -0.05) is 40.5 Å². The number of hydrogen-bond acceptors (Lipinski definition) is 0. The molecule has 78 valence electrons. The Balaban J connectivity index is 3.02. The monoisotopic (exact) mass is 274 g/mol. The molecule has 0 heterocycles. The Labute approximate surface area is 99.8 Å². The van der Waals surface area contributed by atoms with Gasteiger partial charge in [0.1, 0.15) is 0 Å². The second-order valence-electron chi connectivity index (χ2n) is 3.84. The third-order valence-electron chi connectivity index (χ3n) is 2.69. The maximum Gasteiger partial charge on any atom is 0.0443 e. The predicted octanol–water partition coefficient (Wildman–Crippen LogP) is 4.85. The van der Waals surface area contributed by atoms with Gasteiger partial charge in [0.25, 0.3) is 0 Å². The van der Waals surface area contributed by atoms with Gasteiger partial charge in [0.05, 0.1) is 0 Å². The largest absolute Gasteiger partial charge is 0.0928 e. The van der Waals surface area contributed by atoms with E-state index < -0.39 is 0 Å². The van der Waals surface area contributed by atoms with E-state index in [0.29, 0.717) is 5.92 Å². The van der Waals surface area contributed by atoms with Crippen LogP contribution in [0.4, 0.5) is 0 Å². The lowest BCUT2D eigenvalue weighted by Gasteiger charge is -2.14. The first-order chi connectivity index (χ1) is 6.56. The molecule has 0 spiro atoms. The molecule has 14 heavy (non-hydrogen) atoms. The first-order valence-corrected chi connectivity index (χ1v) is 6.38. The third-order valence-corrected chi connectivity index (χ3v) is 3.47. The van der Waals surface area contributed by atoms with Crippen LogP contribution in [-0.4, -0.2) is 5.33 Å². The summed E-state index contributed by atoms with van der Waals surface area (Å²) in [7, 11) is 0. The molecule has 0 aromatic heterocycles. The summed E-state index contributed by atoms with van der Waals surface area (Å²) in [5.74, 6) is 0.529. The van der Waals surface area contributed by atoms with Crippen molar-refractivity contribution in [1.29, 1.82) is 0 Å². The van der Waals surface area contributed by atoms with Gasteiger partial charge in [0, 0.05) is 10.4 Å². The molecule has 0 aliphatic carbocycles. The van der Waals surface area contributed by atoms with E-state index in [1.165, 1.54) is 16.7 Å². The molecule has 1 atom stereocenters. The molecule has 0 aliphatic heterocycles. The van der Waals surface area contributed by atoms with Crippen LogP contribution in [-0.2, 0) is 0 Å². The minimum atomic E-state index is 0.529. The summed E-state index contributed by atoms with van der Waals surface area (Å²) in [6.45, 7) is 6.45. The summed E-state index contributed by atoms with van der Waals surface area (Å²) in [5.41, 5.74) is 3.87. The highest BCUT2D eigenvalue weighted by molar-refractivity contribution is 9.09. The maximum atomic E-state index is 6.22. The van der Waals surface area contributed by atoms with Gasteiger partial charge in [-0.25, -0.2) is 0 Å². The van der Waals surface area contributed by atoms with E-state index in [-0.39, 0.29) is 0 Å². The normalized spacial score (nSPS) is 12.9. The van der Waals surface area contributed by atoms with Gasteiger partial charge in [0.2, 0.25) is 0 Å². The highest BCUT2D eigenvalue weighted by atomic mass is 79.9. The molecule has 1 aromatic rings. The number of alkyl halides is 1. The number of hydrogen-bond donors (Lipinski definition) is 0. The minimum Gasteiger partial charge on any atom is -0.0928 e. The van der Waals surface area contributed by atoms with E-state index >= 15 is 0 Å². The fourth-order valence-electron chi connectivity index (χ4n) is 1.50. The summed E-state index contributed by atoms with van der Waals surface area (Å²) < 4.78 is 0. The zero-order valence-electron chi connectivity index (χ0n) is 8.90. The summed E-state index contributed by atoms with van der Waals surface area (Å²) in [6, 6.07) is 4.28. The quantitative estimate of drug-likeness (QED) is 0.692. The van der Waals surface area contributed by atoms with Crippen LogP contribution in [0.1, 0.15) is 36.0 Å². The SMILES string of the molecule is Cc1cc(Cl)c(C(C)CCBr)cc1C. The molecule has 0 saturated heterocycles. The van der Waals surface area contributed by atoms with Crippen molar-refractivity contribution in [3.63, 3.8) is 0 Å². The first kappa shape index (κ1) is 12.1. The van der Waals surface area contributed by atoms with Gasteiger partial charge < -0.3 is 0 Å². The molecule has 0 aliphatic rings.